The summed E-state index contributed by atoms with van der Waals surface area (Å²) in [5.74, 6) is -2.64. The quantitative estimate of drug-likeness (QED) is 0.696. The fourth-order valence-corrected chi connectivity index (χ4v) is 2.35. The molecule has 0 aliphatic heterocycles. The van der Waals surface area contributed by atoms with Crippen LogP contribution in [0.15, 0.2) is 42.6 Å². The molecule has 140 valence electrons. The summed E-state index contributed by atoms with van der Waals surface area (Å²) in [7, 11) is 1.36. The summed E-state index contributed by atoms with van der Waals surface area (Å²) >= 11 is 0. The summed E-state index contributed by atoms with van der Waals surface area (Å²) in [6.45, 7) is 0. The van der Waals surface area contributed by atoms with Gasteiger partial charge >= 0.3 is 6.18 Å². The second-order valence-electron chi connectivity index (χ2n) is 5.55. The Morgan fingerprint density at radius 2 is 1.85 bits per heavy atom. The number of nitrogens with one attached hydrogen (secondary N) is 1. The minimum atomic E-state index is -4.57. The first-order chi connectivity index (χ1) is 12.6. The molecule has 2 heterocycles. The van der Waals surface area contributed by atoms with E-state index in [-0.39, 0.29) is 17.1 Å². The van der Waals surface area contributed by atoms with Crippen LogP contribution in [0.2, 0.25) is 0 Å². The Morgan fingerprint density at radius 3 is 2.41 bits per heavy atom. The van der Waals surface area contributed by atoms with Gasteiger partial charge in [-0.25, -0.2) is 13.8 Å². The molecule has 0 atom stereocenters. The van der Waals surface area contributed by atoms with Crippen LogP contribution in [0, 0.1) is 11.6 Å². The first-order valence-corrected chi connectivity index (χ1v) is 7.49. The summed E-state index contributed by atoms with van der Waals surface area (Å²) in [5, 5.41) is 5.73. The van der Waals surface area contributed by atoms with Crippen molar-refractivity contribution in [3.63, 3.8) is 0 Å². The second-order valence-corrected chi connectivity index (χ2v) is 5.55. The molecule has 10 heteroatoms. The van der Waals surface area contributed by atoms with Gasteiger partial charge in [-0.2, -0.15) is 18.3 Å². The number of halogens is 5. The normalized spacial score (nSPS) is 11.5. The van der Waals surface area contributed by atoms with Crippen molar-refractivity contribution in [1.82, 2.24) is 14.8 Å². The molecular weight excluding hydrogens is 371 g/mol. The number of carbonyl (C=O) groups excluding carboxylic acids is 1. The molecule has 0 aliphatic carbocycles. The molecule has 1 amide bonds. The Kier molecular flexibility index (Phi) is 4.64. The lowest BCUT2D eigenvalue weighted by atomic mass is 10.2. The highest BCUT2D eigenvalue weighted by Crippen LogP contribution is 2.31. The van der Waals surface area contributed by atoms with Crippen molar-refractivity contribution in [2.75, 3.05) is 5.32 Å². The predicted octanol–water partition coefficient (Wildman–Crippen LogP) is 4.03. The zero-order valence-electron chi connectivity index (χ0n) is 13.7. The molecule has 3 aromatic rings. The number of alkyl halides is 3. The third-order valence-electron chi connectivity index (χ3n) is 3.65. The van der Waals surface area contributed by atoms with E-state index < -0.39 is 29.4 Å². The molecular formula is C17H11F5N4O. The van der Waals surface area contributed by atoms with Crippen LogP contribution in [-0.4, -0.2) is 20.7 Å². The maximum atomic E-state index is 13.6. The number of hydrogen-bond acceptors (Lipinski definition) is 3. The fourth-order valence-electron chi connectivity index (χ4n) is 2.35. The Hall–Kier alpha value is -3.30. The SMILES string of the molecule is Cn1nc(C(F)(F)F)cc1-c1ccc(NC(=O)c2ccc(F)cc2F)nc1. The Morgan fingerprint density at radius 1 is 1.11 bits per heavy atom. The molecule has 27 heavy (non-hydrogen) atoms. The van der Waals surface area contributed by atoms with E-state index in [1.54, 1.807) is 0 Å². The van der Waals surface area contributed by atoms with Gasteiger partial charge in [0, 0.05) is 24.9 Å². The van der Waals surface area contributed by atoms with Crippen LogP contribution in [0.3, 0.4) is 0 Å². The van der Waals surface area contributed by atoms with Crippen molar-refractivity contribution in [3.8, 4) is 11.3 Å². The number of pyridine rings is 1. The van der Waals surface area contributed by atoms with Crippen LogP contribution >= 0.6 is 0 Å². The zero-order chi connectivity index (χ0) is 19.8. The average molecular weight is 382 g/mol. The highest BCUT2D eigenvalue weighted by atomic mass is 19.4. The van der Waals surface area contributed by atoms with Crippen molar-refractivity contribution >= 4 is 11.7 Å². The zero-order valence-corrected chi connectivity index (χ0v) is 13.7. The average Bonchev–Trinajstić information content (AvgIpc) is 2.97. The number of aromatic nitrogens is 3. The lowest BCUT2D eigenvalue weighted by Crippen LogP contribution is -2.14. The van der Waals surface area contributed by atoms with Crippen LogP contribution < -0.4 is 5.32 Å². The third kappa shape index (κ3) is 3.94. The molecule has 5 nitrogen and oxygen atoms in total. The molecule has 0 spiro atoms. The Labute approximate surface area is 149 Å². The maximum absolute atomic E-state index is 13.6. The first-order valence-electron chi connectivity index (χ1n) is 7.49. The summed E-state index contributed by atoms with van der Waals surface area (Å²) in [5.41, 5.74) is -0.892. The van der Waals surface area contributed by atoms with E-state index in [9.17, 15) is 26.7 Å². The number of hydrogen-bond donors (Lipinski definition) is 1. The minimum Gasteiger partial charge on any atom is -0.306 e. The monoisotopic (exact) mass is 382 g/mol. The van der Waals surface area contributed by atoms with Gasteiger partial charge in [-0.15, -0.1) is 0 Å². The number of amides is 1. The lowest BCUT2D eigenvalue weighted by molar-refractivity contribution is -0.141. The van der Waals surface area contributed by atoms with Crippen LogP contribution in [0.1, 0.15) is 16.1 Å². The highest BCUT2D eigenvalue weighted by molar-refractivity contribution is 6.03. The van der Waals surface area contributed by atoms with Crippen molar-refractivity contribution in [1.29, 1.82) is 0 Å². The molecule has 0 aliphatic rings. The van der Waals surface area contributed by atoms with Gasteiger partial charge in [0.1, 0.15) is 17.5 Å². The van der Waals surface area contributed by atoms with E-state index >= 15 is 0 Å². The summed E-state index contributed by atoms with van der Waals surface area (Å²) in [4.78, 5) is 15.9. The van der Waals surface area contributed by atoms with Gasteiger partial charge in [0.25, 0.3) is 5.91 Å². The van der Waals surface area contributed by atoms with Gasteiger partial charge in [0.15, 0.2) is 5.69 Å². The van der Waals surface area contributed by atoms with E-state index in [0.717, 1.165) is 22.9 Å². The fraction of sp³-hybridized carbons (Fsp3) is 0.118. The number of anilines is 1. The minimum absolute atomic E-state index is 0.0469. The molecule has 1 aromatic carbocycles. The number of rotatable bonds is 3. The van der Waals surface area contributed by atoms with Gasteiger partial charge < -0.3 is 5.32 Å². The van der Waals surface area contributed by atoms with Crippen LogP contribution in [0.5, 0.6) is 0 Å². The summed E-state index contributed by atoms with van der Waals surface area (Å²) in [6, 6.07) is 6.16. The molecule has 0 fully saturated rings. The van der Waals surface area contributed by atoms with Crippen LogP contribution in [0.4, 0.5) is 27.8 Å². The van der Waals surface area contributed by atoms with Crippen LogP contribution in [0.25, 0.3) is 11.3 Å². The van der Waals surface area contributed by atoms with E-state index in [0.29, 0.717) is 11.6 Å². The van der Waals surface area contributed by atoms with Gasteiger partial charge in [0.05, 0.1) is 11.3 Å². The Balaban J connectivity index is 1.80. The number of nitrogens with zero attached hydrogens (tertiary/aromatic N) is 3. The predicted molar refractivity (Wildman–Crippen MR) is 85.8 cm³/mol. The van der Waals surface area contributed by atoms with Crippen molar-refractivity contribution in [2.45, 2.75) is 6.18 Å². The van der Waals surface area contributed by atoms with Crippen LogP contribution in [-0.2, 0) is 13.2 Å². The molecule has 2 aromatic heterocycles. The van der Waals surface area contributed by atoms with E-state index in [2.05, 4.69) is 15.4 Å². The maximum Gasteiger partial charge on any atom is 0.435 e. The number of aryl methyl sites for hydroxylation is 1. The third-order valence-corrected chi connectivity index (χ3v) is 3.65. The Bertz CT molecular complexity index is 996. The molecule has 0 saturated heterocycles. The molecule has 0 unspecified atom stereocenters. The van der Waals surface area contributed by atoms with Gasteiger partial charge in [-0.3, -0.25) is 9.48 Å². The summed E-state index contributed by atoms with van der Waals surface area (Å²) < 4.78 is 65.8. The number of carbonyl (C=O) groups is 1. The lowest BCUT2D eigenvalue weighted by Gasteiger charge is -2.07. The molecule has 0 saturated carbocycles. The van der Waals surface area contributed by atoms with Gasteiger partial charge in [-0.1, -0.05) is 0 Å². The number of benzene rings is 1. The molecule has 0 bridgehead atoms. The summed E-state index contributed by atoms with van der Waals surface area (Å²) in [6.07, 6.45) is -3.33. The standard InChI is InChI=1S/C17H11F5N4O/c1-26-13(7-14(25-26)17(20,21)22)9-2-5-15(23-8-9)24-16(27)11-4-3-10(18)6-12(11)19/h2-8H,1H3,(H,23,24,27). The van der Waals surface area contributed by atoms with Gasteiger partial charge in [0.2, 0.25) is 0 Å². The van der Waals surface area contributed by atoms with E-state index in [1.807, 2.05) is 0 Å². The van der Waals surface area contributed by atoms with Crippen molar-refractivity contribution < 1.29 is 26.7 Å². The van der Waals surface area contributed by atoms with E-state index in [4.69, 9.17) is 0 Å². The van der Waals surface area contributed by atoms with E-state index in [1.165, 1.54) is 25.4 Å². The van der Waals surface area contributed by atoms with Crippen molar-refractivity contribution in [2.24, 2.45) is 7.05 Å². The van der Waals surface area contributed by atoms with Gasteiger partial charge in [-0.05, 0) is 30.3 Å². The largest absolute Gasteiger partial charge is 0.435 e. The molecule has 3 rings (SSSR count). The van der Waals surface area contributed by atoms with Crippen molar-refractivity contribution in [3.05, 3.63) is 65.5 Å². The molecule has 1 N–H and O–H groups in total. The first kappa shape index (κ1) is 18.5. The molecule has 0 radical (unpaired) electrons. The highest BCUT2D eigenvalue weighted by Gasteiger charge is 2.34. The second kappa shape index (κ2) is 6.78. The smallest absolute Gasteiger partial charge is 0.306 e. The topological polar surface area (TPSA) is 59.8 Å².